The number of carbonyl (C=O) groups is 2. The summed E-state index contributed by atoms with van der Waals surface area (Å²) in [6.45, 7) is 3.70. The molecule has 1 fully saturated rings. The van der Waals surface area contributed by atoms with Crippen molar-refractivity contribution in [2.45, 2.75) is 6.18 Å². The van der Waals surface area contributed by atoms with E-state index >= 15 is 0 Å². The standard InChI is InChI=1S/C20H21F3N4O2/c1-26-10-12-27(13-11-26)15-8-6-14(7-9-15)24-18(28)19(29)25-17-5-3-2-4-16(17)20(21,22)23/h2-9H,10-13H2,1H3,(H,24,28)(H,25,29). The van der Waals surface area contributed by atoms with Crippen molar-refractivity contribution in [3.05, 3.63) is 54.1 Å². The minimum absolute atomic E-state index is 0.382. The Labute approximate surface area is 166 Å². The van der Waals surface area contributed by atoms with Crippen LogP contribution >= 0.6 is 0 Å². The first-order valence-electron chi connectivity index (χ1n) is 9.06. The van der Waals surface area contributed by atoms with Crippen LogP contribution in [-0.2, 0) is 15.8 Å². The van der Waals surface area contributed by atoms with Crippen LogP contribution in [0.1, 0.15) is 5.56 Å². The molecule has 0 aromatic heterocycles. The molecule has 2 aromatic rings. The van der Waals surface area contributed by atoms with Crippen LogP contribution in [-0.4, -0.2) is 49.9 Å². The Morgan fingerprint density at radius 2 is 1.45 bits per heavy atom. The molecule has 0 spiro atoms. The van der Waals surface area contributed by atoms with Gasteiger partial charge in [0.15, 0.2) is 0 Å². The van der Waals surface area contributed by atoms with Gasteiger partial charge in [-0.3, -0.25) is 9.59 Å². The molecule has 2 amide bonds. The lowest BCUT2D eigenvalue weighted by molar-refractivity contribution is -0.137. The third-order valence-corrected chi connectivity index (χ3v) is 4.68. The van der Waals surface area contributed by atoms with Crippen LogP contribution in [0.25, 0.3) is 0 Å². The highest BCUT2D eigenvalue weighted by Crippen LogP contribution is 2.34. The SMILES string of the molecule is CN1CCN(c2ccc(NC(=O)C(=O)Nc3ccccc3C(F)(F)F)cc2)CC1. The van der Waals surface area contributed by atoms with Gasteiger partial charge >= 0.3 is 18.0 Å². The monoisotopic (exact) mass is 406 g/mol. The molecular formula is C20H21F3N4O2. The van der Waals surface area contributed by atoms with E-state index in [1.165, 1.54) is 12.1 Å². The second-order valence-electron chi connectivity index (χ2n) is 6.79. The molecule has 1 aliphatic heterocycles. The Kier molecular flexibility index (Phi) is 6.07. The summed E-state index contributed by atoms with van der Waals surface area (Å²) in [5, 5.41) is 4.42. The topological polar surface area (TPSA) is 64.7 Å². The van der Waals surface area contributed by atoms with Crippen LogP contribution in [0.2, 0.25) is 0 Å². The number of carbonyl (C=O) groups excluding carboxylic acids is 2. The quantitative estimate of drug-likeness (QED) is 0.770. The zero-order valence-corrected chi connectivity index (χ0v) is 15.8. The molecule has 1 heterocycles. The van der Waals surface area contributed by atoms with Gasteiger partial charge in [-0.15, -0.1) is 0 Å². The maximum absolute atomic E-state index is 13.0. The fourth-order valence-corrected chi connectivity index (χ4v) is 3.03. The fourth-order valence-electron chi connectivity index (χ4n) is 3.03. The molecule has 0 aliphatic carbocycles. The van der Waals surface area contributed by atoms with E-state index in [0.717, 1.165) is 44.0 Å². The molecule has 1 saturated heterocycles. The number of alkyl halides is 3. The van der Waals surface area contributed by atoms with Gasteiger partial charge in [0.1, 0.15) is 0 Å². The van der Waals surface area contributed by atoms with Crippen molar-refractivity contribution in [3.8, 4) is 0 Å². The minimum atomic E-state index is -4.64. The molecule has 6 nitrogen and oxygen atoms in total. The molecule has 1 aliphatic rings. The summed E-state index contributed by atoms with van der Waals surface area (Å²) in [7, 11) is 2.06. The summed E-state index contributed by atoms with van der Waals surface area (Å²) >= 11 is 0. The van der Waals surface area contributed by atoms with Gasteiger partial charge in [-0.25, -0.2) is 0 Å². The number of amides is 2. The molecule has 29 heavy (non-hydrogen) atoms. The number of rotatable bonds is 3. The first-order valence-corrected chi connectivity index (χ1v) is 9.06. The third kappa shape index (κ3) is 5.26. The van der Waals surface area contributed by atoms with Crippen LogP contribution < -0.4 is 15.5 Å². The zero-order valence-electron chi connectivity index (χ0n) is 15.8. The molecule has 9 heteroatoms. The summed E-state index contributed by atoms with van der Waals surface area (Å²) in [4.78, 5) is 28.6. The van der Waals surface area contributed by atoms with Gasteiger partial charge in [0.2, 0.25) is 0 Å². The van der Waals surface area contributed by atoms with Crippen molar-refractivity contribution >= 4 is 28.9 Å². The molecule has 3 rings (SSSR count). The molecular weight excluding hydrogens is 385 g/mol. The number of halogens is 3. The fraction of sp³-hybridized carbons (Fsp3) is 0.300. The van der Waals surface area contributed by atoms with Gasteiger partial charge < -0.3 is 20.4 Å². The first-order chi connectivity index (χ1) is 13.7. The van der Waals surface area contributed by atoms with E-state index in [1.807, 2.05) is 17.4 Å². The Bertz CT molecular complexity index is 876. The summed E-state index contributed by atoms with van der Waals surface area (Å²) in [5.41, 5.74) is -0.102. The van der Waals surface area contributed by atoms with Crippen LogP contribution in [0.5, 0.6) is 0 Å². The largest absolute Gasteiger partial charge is 0.418 e. The normalized spacial score (nSPS) is 15.1. The van der Waals surface area contributed by atoms with E-state index in [4.69, 9.17) is 0 Å². The van der Waals surface area contributed by atoms with Crippen molar-refractivity contribution < 1.29 is 22.8 Å². The average molecular weight is 406 g/mol. The maximum atomic E-state index is 13.0. The predicted molar refractivity (Wildman–Crippen MR) is 105 cm³/mol. The molecule has 154 valence electrons. The number of benzene rings is 2. The number of hydrogen-bond acceptors (Lipinski definition) is 4. The summed E-state index contributed by atoms with van der Waals surface area (Å²) in [5.74, 6) is -2.22. The number of anilines is 3. The van der Waals surface area contributed by atoms with Gasteiger partial charge in [0.05, 0.1) is 11.3 Å². The lowest BCUT2D eigenvalue weighted by Crippen LogP contribution is -2.44. The van der Waals surface area contributed by atoms with Crippen molar-refractivity contribution in [2.24, 2.45) is 0 Å². The molecule has 0 unspecified atom stereocenters. The lowest BCUT2D eigenvalue weighted by Gasteiger charge is -2.34. The summed E-state index contributed by atoms with van der Waals surface area (Å²) in [6.07, 6.45) is -4.64. The molecule has 2 aromatic carbocycles. The first kappa shape index (κ1) is 20.7. The number of piperazine rings is 1. The van der Waals surface area contributed by atoms with E-state index in [9.17, 15) is 22.8 Å². The Morgan fingerprint density at radius 1 is 0.862 bits per heavy atom. The predicted octanol–water partition coefficient (Wildman–Crippen LogP) is 3.03. The van der Waals surface area contributed by atoms with Crippen molar-refractivity contribution in [1.29, 1.82) is 0 Å². The smallest absolute Gasteiger partial charge is 0.369 e. The van der Waals surface area contributed by atoms with Gasteiger partial charge in [0.25, 0.3) is 0 Å². The number of nitrogens with zero attached hydrogens (tertiary/aromatic N) is 2. The average Bonchev–Trinajstić information content (AvgIpc) is 2.69. The molecule has 0 atom stereocenters. The zero-order chi connectivity index (χ0) is 21.0. The summed E-state index contributed by atoms with van der Waals surface area (Å²) in [6, 6.07) is 11.5. The van der Waals surface area contributed by atoms with Crippen molar-refractivity contribution in [2.75, 3.05) is 48.8 Å². The Hall–Kier alpha value is -3.07. The van der Waals surface area contributed by atoms with Crippen molar-refractivity contribution in [3.63, 3.8) is 0 Å². The number of nitrogens with one attached hydrogen (secondary N) is 2. The third-order valence-electron chi connectivity index (χ3n) is 4.68. The van der Waals surface area contributed by atoms with Crippen LogP contribution in [0, 0.1) is 0 Å². The van der Waals surface area contributed by atoms with Crippen LogP contribution in [0.15, 0.2) is 48.5 Å². The Morgan fingerprint density at radius 3 is 2.07 bits per heavy atom. The number of hydrogen-bond donors (Lipinski definition) is 2. The van der Waals surface area contributed by atoms with E-state index in [0.29, 0.717) is 5.69 Å². The van der Waals surface area contributed by atoms with Gasteiger partial charge in [-0.2, -0.15) is 13.2 Å². The van der Waals surface area contributed by atoms with Crippen LogP contribution in [0.4, 0.5) is 30.2 Å². The highest BCUT2D eigenvalue weighted by Gasteiger charge is 2.34. The maximum Gasteiger partial charge on any atom is 0.418 e. The summed E-state index contributed by atoms with van der Waals surface area (Å²) < 4.78 is 39.0. The number of para-hydroxylation sites is 1. The molecule has 0 saturated carbocycles. The van der Waals surface area contributed by atoms with Gasteiger partial charge in [-0.1, -0.05) is 12.1 Å². The highest BCUT2D eigenvalue weighted by atomic mass is 19.4. The second-order valence-corrected chi connectivity index (χ2v) is 6.79. The Balaban J connectivity index is 1.61. The molecule has 0 bridgehead atoms. The van der Waals surface area contributed by atoms with E-state index in [1.54, 1.807) is 12.1 Å². The van der Waals surface area contributed by atoms with Crippen molar-refractivity contribution in [1.82, 2.24) is 4.90 Å². The van der Waals surface area contributed by atoms with Gasteiger partial charge in [0, 0.05) is 37.6 Å². The lowest BCUT2D eigenvalue weighted by atomic mass is 10.1. The molecule has 2 N–H and O–H groups in total. The minimum Gasteiger partial charge on any atom is -0.369 e. The second kappa shape index (κ2) is 8.52. The number of likely N-dealkylation sites (N-methyl/N-ethyl adjacent to an activating group) is 1. The molecule has 0 radical (unpaired) electrons. The highest BCUT2D eigenvalue weighted by molar-refractivity contribution is 6.43. The van der Waals surface area contributed by atoms with E-state index in [2.05, 4.69) is 22.2 Å². The van der Waals surface area contributed by atoms with E-state index < -0.39 is 29.2 Å². The van der Waals surface area contributed by atoms with Crippen LogP contribution in [0.3, 0.4) is 0 Å². The van der Waals surface area contributed by atoms with E-state index in [-0.39, 0.29) is 0 Å². The van der Waals surface area contributed by atoms with Gasteiger partial charge in [-0.05, 0) is 43.4 Å².